The van der Waals surface area contributed by atoms with E-state index in [9.17, 15) is 0 Å². The minimum atomic E-state index is 0.0463. The van der Waals surface area contributed by atoms with Gasteiger partial charge in [-0.05, 0) is 24.6 Å². The Morgan fingerprint density at radius 3 is 2.80 bits per heavy atom. The zero-order chi connectivity index (χ0) is 17.5. The van der Waals surface area contributed by atoms with Gasteiger partial charge in [-0.1, -0.05) is 43.3 Å². The number of nitrogen functional groups attached to an aromatic ring is 1. The summed E-state index contributed by atoms with van der Waals surface area (Å²) >= 11 is 0. The first-order chi connectivity index (χ1) is 12.3. The smallest absolute Gasteiger partial charge is 0.123 e. The van der Waals surface area contributed by atoms with Gasteiger partial charge in [-0.2, -0.15) is 0 Å². The highest BCUT2D eigenvalue weighted by Crippen LogP contribution is 2.25. The first-order valence-electron chi connectivity index (χ1n) is 8.95. The lowest BCUT2D eigenvalue weighted by atomic mass is 10.1. The second-order valence-electron chi connectivity index (χ2n) is 6.49. The molecule has 134 valence electrons. The molecule has 1 aliphatic heterocycles. The fourth-order valence-corrected chi connectivity index (χ4v) is 3.16. The van der Waals surface area contributed by atoms with Crippen LogP contribution in [0.1, 0.15) is 30.6 Å². The number of hydrogen-bond acceptors (Lipinski definition) is 5. The highest BCUT2D eigenvalue weighted by atomic mass is 16.5. The number of morpholine rings is 1. The van der Waals surface area contributed by atoms with E-state index in [4.69, 9.17) is 15.2 Å². The Bertz CT molecular complexity index is 633. The third kappa shape index (κ3) is 5.01. The van der Waals surface area contributed by atoms with Crippen molar-refractivity contribution in [1.29, 1.82) is 0 Å². The number of aromatic nitrogens is 1. The molecule has 2 atom stereocenters. The quantitative estimate of drug-likeness (QED) is 0.839. The lowest BCUT2D eigenvalue weighted by Crippen LogP contribution is -2.49. The molecule has 2 N–H and O–H groups in total. The summed E-state index contributed by atoms with van der Waals surface area (Å²) in [6.45, 7) is 6.10. The van der Waals surface area contributed by atoms with Crippen molar-refractivity contribution in [1.82, 2.24) is 9.88 Å². The van der Waals surface area contributed by atoms with Crippen LogP contribution in [0.25, 0.3) is 0 Å². The zero-order valence-corrected chi connectivity index (χ0v) is 14.8. The normalized spacial score (nSPS) is 21.3. The highest BCUT2D eigenvalue weighted by Gasteiger charge is 2.29. The minimum Gasteiger partial charge on any atom is -0.384 e. The van der Waals surface area contributed by atoms with Gasteiger partial charge in [0.05, 0.1) is 32.0 Å². The van der Waals surface area contributed by atoms with Gasteiger partial charge in [0.1, 0.15) is 5.82 Å². The second kappa shape index (κ2) is 8.94. The molecule has 0 aliphatic carbocycles. The lowest BCUT2D eigenvalue weighted by molar-refractivity contribution is -0.0889. The van der Waals surface area contributed by atoms with Crippen LogP contribution in [-0.4, -0.2) is 42.2 Å². The Morgan fingerprint density at radius 1 is 1.24 bits per heavy atom. The van der Waals surface area contributed by atoms with Gasteiger partial charge in [-0.25, -0.2) is 4.98 Å². The van der Waals surface area contributed by atoms with Crippen molar-refractivity contribution in [3.63, 3.8) is 0 Å². The molecule has 5 nitrogen and oxygen atoms in total. The van der Waals surface area contributed by atoms with E-state index < -0.39 is 0 Å². The average Bonchev–Trinajstić information content (AvgIpc) is 2.65. The molecule has 2 heterocycles. The van der Waals surface area contributed by atoms with Crippen LogP contribution in [0.4, 0.5) is 5.82 Å². The Balaban J connectivity index is 1.55. The molecule has 25 heavy (non-hydrogen) atoms. The summed E-state index contributed by atoms with van der Waals surface area (Å²) in [6.07, 6.45) is 2.98. The van der Waals surface area contributed by atoms with Gasteiger partial charge in [0.15, 0.2) is 0 Å². The summed E-state index contributed by atoms with van der Waals surface area (Å²) in [5, 5.41) is 0. The molecule has 0 radical (unpaired) electrons. The molecule has 0 amide bonds. The van der Waals surface area contributed by atoms with E-state index in [-0.39, 0.29) is 6.10 Å². The molecule has 5 heteroatoms. The predicted octanol–water partition coefficient (Wildman–Crippen LogP) is 3.03. The maximum Gasteiger partial charge on any atom is 0.123 e. The van der Waals surface area contributed by atoms with Crippen molar-refractivity contribution < 1.29 is 9.47 Å². The predicted molar refractivity (Wildman–Crippen MR) is 99.1 cm³/mol. The number of benzene rings is 1. The Kier molecular flexibility index (Phi) is 6.39. The number of nitrogens with zero attached hydrogens (tertiary/aromatic N) is 2. The monoisotopic (exact) mass is 341 g/mol. The molecule has 1 aliphatic rings. The summed E-state index contributed by atoms with van der Waals surface area (Å²) in [5.41, 5.74) is 7.96. The fourth-order valence-electron chi connectivity index (χ4n) is 3.16. The van der Waals surface area contributed by atoms with Gasteiger partial charge in [-0.15, -0.1) is 0 Å². The summed E-state index contributed by atoms with van der Waals surface area (Å²) in [5.74, 6) is 0.539. The Labute approximate surface area is 149 Å². The van der Waals surface area contributed by atoms with E-state index >= 15 is 0 Å². The molecular formula is C20H27N3O2. The van der Waals surface area contributed by atoms with Gasteiger partial charge in [0, 0.05) is 18.3 Å². The Morgan fingerprint density at radius 2 is 2.08 bits per heavy atom. The summed E-state index contributed by atoms with van der Waals surface area (Å²) in [4.78, 5) is 6.65. The molecule has 0 bridgehead atoms. The summed E-state index contributed by atoms with van der Waals surface area (Å²) in [7, 11) is 0. The zero-order valence-electron chi connectivity index (χ0n) is 14.8. The third-order valence-electron chi connectivity index (χ3n) is 4.52. The second-order valence-corrected chi connectivity index (χ2v) is 6.49. The van der Waals surface area contributed by atoms with E-state index in [0.717, 1.165) is 25.1 Å². The van der Waals surface area contributed by atoms with E-state index in [1.54, 1.807) is 0 Å². The van der Waals surface area contributed by atoms with Gasteiger partial charge >= 0.3 is 0 Å². The summed E-state index contributed by atoms with van der Waals surface area (Å²) in [6, 6.07) is 14.4. The number of nitrogens with two attached hydrogens (primary N) is 1. The molecule has 2 aromatic rings. The highest BCUT2D eigenvalue weighted by molar-refractivity contribution is 5.30. The van der Waals surface area contributed by atoms with Crippen molar-refractivity contribution in [3.8, 4) is 0 Å². The standard InChI is InChI=1S/C20H27N3O2/c1-2-10-23-12-19(17-8-9-20(21)22-11-17)25-15-18(23)14-24-13-16-6-4-3-5-7-16/h3-9,11,18-19H,2,10,12-15H2,1H3,(H2,21,22)/t18-,19-/m0/s1. The van der Waals surface area contributed by atoms with E-state index in [1.807, 2.05) is 36.5 Å². The average molecular weight is 341 g/mol. The van der Waals surface area contributed by atoms with Gasteiger partial charge in [0.2, 0.25) is 0 Å². The minimum absolute atomic E-state index is 0.0463. The van der Waals surface area contributed by atoms with Crippen LogP contribution in [-0.2, 0) is 16.1 Å². The van der Waals surface area contributed by atoms with Gasteiger partial charge in [0.25, 0.3) is 0 Å². The van der Waals surface area contributed by atoms with Crippen LogP contribution >= 0.6 is 0 Å². The molecule has 1 aromatic heterocycles. The first kappa shape index (κ1) is 17.9. The lowest BCUT2D eigenvalue weighted by Gasteiger charge is -2.39. The maximum absolute atomic E-state index is 6.09. The van der Waals surface area contributed by atoms with Gasteiger partial charge < -0.3 is 15.2 Å². The number of pyridine rings is 1. The topological polar surface area (TPSA) is 60.6 Å². The number of anilines is 1. The van der Waals surface area contributed by atoms with E-state index in [2.05, 4.69) is 28.9 Å². The first-order valence-corrected chi connectivity index (χ1v) is 8.95. The summed E-state index contributed by atoms with van der Waals surface area (Å²) < 4.78 is 12.0. The number of hydrogen-bond donors (Lipinski definition) is 1. The Hall–Kier alpha value is -1.95. The van der Waals surface area contributed by atoms with Crippen molar-refractivity contribution >= 4 is 5.82 Å². The molecule has 0 unspecified atom stereocenters. The largest absolute Gasteiger partial charge is 0.384 e. The van der Waals surface area contributed by atoms with E-state index in [0.29, 0.717) is 31.7 Å². The van der Waals surface area contributed by atoms with Crippen LogP contribution in [0.15, 0.2) is 48.7 Å². The van der Waals surface area contributed by atoms with Crippen molar-refractivity contribution in [2.24, 2.45) is 0 Å². The molecule has 0 saturated carbocycles. The van der Waals surface area contributed by atoms with Crippen LogP contribution in [0, 0.1) is 0 Å². The molecule has 1 fully saturated rings. The molecule has 3 rings (SSSR count). The van der Waals surface area contributed by atoms with Crippen molar-refractivity contribution in [2.75, 3.05) is 32.0 Å². The van der Waals surface area contributed by atoms with Crippen molar-refractivity contribution in [3.05, 3.63) is 59.8 Å². The number of ether oxygens (including phenoxy) is 2. The molecule has 0 spiro atoms. The van der Waals surface area contributed by atoms with Crippen LogP contribution in [0.5, 0.6) is 0 Å². The van der Waals surface area contributed by atoms with Crippen LogP contribution in [0.2, 0.25) is 0 Å². The molecule has 1 aromatic carbocycles. The van der Waals surface area contributed by atoms with Gasteiger partial charge in [-0.3, -0.25) is 4.90 Å². The van der Waals surface area contributed by atoms with Crippen LogP contribution in [0.3, 0.4) is 0 Å². The number of rotatable bonds is 7. The SMILES string of the molecule is CCCN1C[C@@H](c2ccc(N)nc2)OC[C@@H]1COCc1ccccc1. The van der Waals surface area contributed by atoms with E-state index in [1.165, 1.54) is 5.56 Å². The third-order valence-corrected chi connectivity index (χ3v) is 4.52. The van der Waals surface area contributed by atoms with Crippen molar-refractivity contribution in [2.45, 2.75) is 32.1 Å². The molecule has 1 saturated heterocycles. The maximum atomic E-state index is 6.09. The fraction of sp³-hybridized carbons (Fsp3) is 0.450. The molecular weight excluding hydrogens is 314 g/mol. The van der Waals surface area contributed by atoms with Crippen LogP contribution < -0.4 is 5.73 Å².